The van der Waals surface area contributed by atoms with Gasteiger partial charge in [0.15, 0.2) is 0 Å². The Morgan fingerprint density at radius 2 is 1.85 bits per heavy atom. The maximum absolute atomic E-state index is 12.5. The van der Waals surface area contributed by atoms with E-state index < -0.39 is 17.2 Å². The molecule has 0 saturated heterocycles. The van der Waals surface area contributed by atoms with Gasteiger partial charge in [-0.25, -0.2) is 9.78 Å². The summed E-state index contributed by atoms with van der Waals surface area (Å²) in [5.74, 6) is -0.190. The van der Waals surface area contributed by atoms with Crippen molar-refractivity contribution in [2.24, 2.45) is 0 Å². The molecule has 6 nitrogen and oxygen atoms in total. The lowest BCUT2D eigenvalue weighted by Crippen LogP contribution is -2.56. The first-order valence-corrected chi connectivity index (χ1v) is 9.44. The molecule has 1 atom stereocenters. The van der Waals surface area contributed by atoms with Gasteiger partial charge in [0.25, 0.3) is 0 Å². The van der Waals surface area contributed by atoms with Crippen molar-refractivity contribution in [3.8, 4) is 0 Å². The maximum Gasteiger partial charge on any atom is 0.408 e. The average Bonchev–Trinajstić information content (AvgIpc) is 2.93. The molecule has 2 aromatic rings. The van der Waals surface area contributed by atoms with E-state index in [2.05, 4.69) is 15.6 Å². The molecule has 0 fully saturated rings. The summed E-state index contributed by atoms with van der Waals surface area (Å²) in [6.07, 6.45) is -0.614. The Balaban J connectivity index is 1.92. The van der Waals surface area contributed by atoms with Gasteiger partial charge in [0.05, 0.1) is 15.2 Å². The SMILES string of the molecule is CC(CNC(=O)C(C)(C)NC(=O)OC(C)(C)C)c1nc2ccccc2s1. The van der Waals surface area contributed by atoms with Crippen molar-refractivity contribution >= 4 is 33.6 Å². The first-order valence-electron chi connectivity index (χ1n) is 8.63. The predicted molar refractivity (Wildman–Crippen MR) is 104 cm³/mol. The molecule has 2 rings (SSSR count). The number of nitrogens with one attached hydrogen (secondary N) is 2. The van der Waals surface area contributed by atoms with Gasteiger partial charge in [0, 0.05) is 12.5 Å². The number of hydrogen-bond acceptors (Lipinski definition) is 5. The lowest BCUT2D eigenvalue weighted by molar-refractivity contribution is -0.126. The van der Waals surface area contributed by atoms with Gasteiger partial charge in [0.2, 0.25) is 5.91 Å². The van der Waals surface area contributed by atoms with Crippen LogP contribution < -0.4 is 10.6 Å². The zero-order chi connectivity index (χ0) is 19.5. The summed E-state index contributed by atoms with van der Waals surface area (Å²) in [5.41, 5.74) is -0.717. The van der Waals surface area contributed by atoms with Crippen LogP contribution in [-0.2, 0) is 9.53 Å². The van der Waals surface area contributed by atoms with Crippen molar-refractivity contribution in [3.63, 3.8) is 0 Å². The van der Waals surface area contributed by atoms with Crippen LogP contribution in [0.1, 0.15) is 52.5 Å². The number of carbonyl (C=O) groups is 2. The van der Waals surface area contributed by atoms with Crippen molar-refractivity contribution < 1.29 is 14.3 Å². The third-order valence-electron chi connectivity index (χ3n) is 3.68. The van der Waals surface area contributed by atoms with E-state index in [1.807, 2.05) is 31.2 Å². The zero-order valence-electron chi connectivity index (χ0n) is 16.2. The Bertz CT molecular complexity index is 760. The van der Waals surface area contributed by atoms with E-state index in [1.54, 1.807) is 46.0 Å². The number of para-hydroxylation sites is 1. The highest BCUT2D eigenvalue weighted by Gasteiger charge is 2.31. The van der Waals surface area contributed by atoms with E-state index in [4.69, 9.17) is 4.74 Å². The second-order valence-corrected chi connectivity index (χ2v) is 8.95. The first kappa shape index (κ1) is 20.2. The number of thiazole rings is 1. The van der Waals surface area contributed by atoms with E-state index in [9.17, 15) is 9.59 Å². The Kier molecular flexibility index (Phi) is 5.91. The van der Waals surface area contributed by atoms with Gasteiger partial charge in [-0.2, -0.15) is 0 Å². The molecule has 142 valence electrons. The number of carbonyl (C=O) groups excluding carboxylic acids is 2. The third kappa shape index (κ3) is 5.42. The van der Waals surface area contributed by atoms with Gasteiger partial charge >= 0.3 is 6.09 Å². The molecule has 26 heavy (non-hydrogen) atoms. The van der Waals surface area contributed by atoms with Crippen LogP contribution in [0, 0.1) is 0 Å². The highest BCUT2D eigenvalue weighted by molar-refractivity contribution is 7.18. The molecule has 0 bridgehead atoms. The minimum atomic E-state index is -1.07. The number of fused-ring (bicyclic) bond motifs is 1. The normalized spacial score (nSPS) is 13.3. The molecule has 1 heterocycles. The van der Waals surface area contributed by atoms with Crippen LogP contribution in [0.15, 0.2) is 24.3 Å². The minimum Gasteiger partial charge on any atom is -0.444 e. The van der Waals surface area contributed by atoms with Crippen molar-refractivity contribution in [1.29, 1.82) is 0 Å². The quantitative estimate of drug-likeness (QED) is 0.830. The van der Waals surface area contributed by atoms with Crippen molar-refractivity contribution in [1.82, 2.24) is 15.6 Å². The first-order chi connectivity index (χ1) is 12.0. The summed E-state index contributed by atoms with van der Waals surface area (Å²) >= 11 is 1.63. The van der Waals surface area contributed by atoms with Gasteiger partial charge in [-0.05, 0) is 46.8 Å². The van der Waals surface area contributed by atoms with Gasteiger partial charge in [-0.1, -0.05) is 19.1 Å². The number of ether oxygens (including phenoxy) is 1. The fourth-order valence-electron chi connectivity index (χ4n) is 2.27. The molecular weight excluding hydrogens is 350 g/mol. The second-order valence-electron chi connectivity index (χ2n) is 7.88. The average molecular weight is 378 g/mol. The number of hydrogen-bond donors (Lipinski definition) is 2. The van der Waals surface area contributed by atoms with E-state index >= 15 is 0 Å². The van der Waals surface area contributed by atoms with Crippen LogP contribution in [0.4, 0.5) is 4.79 Å². The predicted octanol–water partition coefficient (Wildman–Crippen LogP) is 3.82. The maximum atomic E-state index is 12.5. The zero-order valence-corrected chi connectivity index (χ0v) is 17.0. The largest absolute Gasteiger partial charge is 0.444 e. The Morgan fingerprint density at radius 3 is 2.46 bits per heavy atom. The number of alkyl carbamates (subject to hydrolysis) is 1. The van der Waals surface area contributed by atoms with Crippen LogP contribution in [0.25, 0.3) is 10.2 Å². The minimum absolute atomic E-state index is 0.0775. The molecule has 1 aromatic carbocycles. The van der Waals surface area contributed by atoms with E-state index in [1.165, 1.54) is 0 Å². The molecule has 2 amide bonds. The van der Waals surface area contributed by atoms with Crippen LogP contribution in [-0.4, -0.2) is 34.7 Å². The third-order valence-corrected chi connectivity index (χ3v) is 4.95. The molecule has 0 aliphatic heterocycles. The summed E-state index contributed by atoms with van der Waals surface area (Å²) in [4.78, 5) is 29.0. The molecule has 0 aliphatic rings. The number of rotatable bonds is 5. The van der Waals surface area contributed by atoms with Gasteiger partial charge in [-0.15, -0.1) is 11.3 Å². The summed E-state index contributed by atoms with van der Waals surface area (Å²) in [6, 6.07) is 7.97. The standard InChI is InChI=1S/C19H27N3O3S/c1-12(15-21-13-9-7-8-10-14(13)26-15)11-20-16(23)19(5,6)22-17(24)25-18(2,3)4/h7-10,12H,11H2,1-6H3,(H,20,23)(H,22,24). The molecule has 1 unspecified atom stereocenters. The van der Waals surface area contributed by atoms with Crippen LogP contribution in [0.2, 0.25) is 0 Å². The van der Waals surface area contributed by atoms with E-state index in [-0.39, 0.29) is 11.8 Å². The topological polar surface area (TPSA) is 80.3 Å². The molecule has 0 saturated carbocycles. The number of nitrogens with zero attached hydrogens (tertiary/aromatic N) is 1. The Labute approximate surface area is 158 Å². The summed E-state index contributed by atoms with van der Waals surface area (Å²) in [7, 11) is 0. The Hall–Kier alpha value is -2.15. The molecule has 7 heteroatoms. The van der Waals surface area contributed by atoms with Crippen LogP contribution in [0.5, 0.6) is 0 Å². The van der Waals surface area contributed by atoms with Crippen LogP contribution in [0.3, 0.4) is 0 Å². The molecule has 0 spiro atoms. The molecule has 0 radical (unpaired) electrons. The molecule has 2 N–H and O–H groups in total. The van der Waals surface area contributed by atoms with E-state index in [0.717, 1.165) is 15.2 Å². The van der Waals surface area contributed by atoms with Gasteiger partial charge < -0.3 is 15.4 Å². The lowest BCUT2D eigenvalue weighted by Gasteiger charge is -2.28. The fourth-order valence-corrected chi connectivity index (χ4v) is 3.29. The Morgan fingerprint density at radius 1 is 1.19 bits per heavy atom. The number of aromatic nitrogens is 1. The summed E-state index contributed by atoms with van der Waals surface area (Å²) < 4.78 is 6.35. The highest BCUT2D eigenvalue weighted by Crippen LogP contribution is 2.26. The summed E-state index contributed by atoms with van der Waals surface area (Å²) in [5, 5.41) is 6.48. The molecule has 1 aromatic heterocycles. The fraction of sp³-hybridized carbons (Fsp3) is 0.526. The number of amides is 2. The lowest BCUT2D eigenvalue weighted by atomic mass is 10.0. The van der Waals surface area contributed by atoms with E-state index in [0.29, 0.717) is 6.54 Å². The summed E-state index contributed by atoms with van der Waals surface area (Å²) in [6.45, 7) is 11.1. The van der Waals surface area contributed by atoms with Crippen molar-refractivity contribution in [2.75, 3.05) is 6.54 Å². The van der Waals surface area contributed by atoms with Gasteiger partial charge in [-0.3, -0.25) is 4.79 Å². The highest BCUT2D eigenvalue weighted by atomic mass is 32.1. The molecule has 0 aliphatic carbocycles. The number of benzene rings is 1. The monoisotopic (exact) mass is 377 g/mol. The van der Waals surface area contributed by atoms with Crippen molar-refractivity contribution in [2.45, 2.75) is 58.6 Å². The van der Waals surface area contributed by atoms with Crippen molar-refractivity contribution in [3.05, 3.63) is 29.3 Å². The van der Waals surface area contributed by atoms with Crippen LogP contribution >= 0.6 is 11.3 Å². The smallest absolute Gasteiger partial charge is 0.408 e. The van der Waals surface area contributed by atoms with Gasteiger partial charge in [0.1, 0.15) is 11.1 Å². The molecular formula is C19H27N3O3S. The second kappa shape index (κ2) is 7.61.